The molecule has 1 aliphatic rings. The minimum absolute atomic E-state index is 0.00113. The number of amides is 1. The average molecular weight is 446 g/mol. The number of aryl methyl sites for hydroxylation is 1. The van der Waals surface area contributed by atoms with Gasteiger partial charge < -0.3 is 4.74 Å². The van der Waals surface area contributed by atoms with E-state index in [0.717, 1.165) is 65.4 Å². The highest BCUT2D eigenvalue weighted by Gasteiger charge is 2.23. The van der Waals surface area contributed by atoms with Crippen LogP contribution in [0.1, 0.15) is 22.8 Å². The molecule has 1 saturated heterocycles. The first-order valence-electron chi connectivity index (χ1n) is 11.2. The van der Waals surface area contributed by atoms with Gasteiger partial charge in [0.1, 0.15) is 0 Å². The molecule has 0 saturated carbocycles. The summed E-state index contributed by atoms with van der Waals surface area (Å²) in [6.07, 6.45) is 0.986. The van der Waals surface area contributed by atoms with Crippen molar-refractivity contribution >= 4 is 43.4 Å². The molecule has 6 heteroatoms. The van der Waals surface area contributed by atoms with Gasteiger partial charge in [0.2, 0.25) is 0 Å². The maximum absolute atomic E-state index is 13.7. The fourth-order valence-electron chi connectivity index (χ4n) is 4.12. The van der Waals surface area contributed by atoms with Crippen LogP contribution in [0.15, 0.2) is 60.7 Å². The molecule has 5 nitrogen and oxygen atoms in total. The van der Waals surface area contributed by atoms with Crippen molar-refractivity contribution in [1.82, 2.24) is 9.88 Å². The number of aromatic nitrogens is 1. The van der Waals surface area contributed by atoms with Crippen LogP contribution in [0.25, 0.3) is 21.0 Å². The van der Waals surface area contributed by atoms with Crippen molar-refractivity contribution in [2.45, 2.75) is 13.3 Å². The molecule has 1 fully saturated rings. The van der Waals surface area contributed by atoms with Gasteiger partial charge in [-0.15, -0.1) is 0 Å². The van der Waals surface area contributed by atoms with Crippen LogP contribution in [0.4, 0.5) is 5.13 Å². The van der Waals surface area contributed by atoms with E-state index in [0.29, 0.717) is 12.1 Å². The highest BCUT2D eigenvalue weighted by Crippen LogP contribution is 2.31. The Morgan fingerprint density at radius 1 is 1.06 bits per heavy atom. The highest BCUT2D eigenvalue weighted by atomic mass is 32.1. The van der Waals surface area contributed by atoms with Crippen molar-refractivity contribution in [3.63, 3.8) is 0 Å². The van der Waals surface area contributed by atoms with Crippen LogP contribution in [-0.2, 0) is 11.2 Å². The van der Waals surface area contributed by atoms with Gasteiger partial charge in [0.05, 0.1) is 23.4 Å². The van der Waals surface area contributed by atoms with E-state index < -0.39 is 0 Å². The summed E-state index contributed by atoms with van der Waals surface area (Å²) in [7, 11) is 0. The number of nitrogens with zero attached hydrogens (tertiary/aromatic N) is 3. The first-order chi connectivity index (χ1) is 15.7. The van der Waals surface area contributed by atoms with E-state index >= 15 is 0 Å². The number of hydrogen-bond acceptors (Lipinski definition) is 5. The highest BCUT2D eigenvalue weighted by molar-refractivity contribution is 7.22. The third kappa shape index (κ3) is 4.39. The summed E-state index contributed by atoms with van der Waals surface area (Å²) in [6.45, 7) is 6.86. The molecule has 3 aromatic carbocycles. The predicted molar refractivity (Wildman–Crippen MR) is 132 cm³/mol. The van der Waals surface area contributed by atoms with Crippen LogP contribution in [-0.4, -0.2) is 55.2 Å². The average Bonchev–Trinajstić information content (AvgIpc) is 3.27. The molecule has 1 aliphatic heterocycles. The summed E-state index contributed by atoms with van der Waals surface area (Å²) in [5.74, 6) is -0.00113. The fourth-order valence-corrected chi connectivity index (χ4v) is 5.17. The summed E-state index contributed by atoms with van der Waals surface area (Å²) in [5.41, 5.74) is 2.93. The Bertz CT molecular complexity index is 1250. The molecule has 0 spiro atoms. The van der Waals surface area contributed by atoms with Crippen molar-refractivity contribution in [2.24, 2.45) is 0 Å². The molecule has 0 radical (unpaired) electrons. The molecule has 32 heavy (non-hydrogen) atoms. The third-order valence-corrected chi connectivity index (χ3v) is 7.11. The summed E-state index contributed by atoms with van der Waals surface area (Å²) in [5, 5.41) is 2.97. The van der Waals surface area contributed by atoms with Crippen molar-refractivity contribution in [3.05, 3.63) is 71.8 Å². The van der Waals surface area contributed by atoms with E-state index in [-0.39, 0.29) is 5.91 Å². The molecule has 2 heterocycles. The molecule has 5 rings (SSSR count). The largest absolute Gasteiger partial charge is 0.379 e. The van der Waals surface area contributed by atoms with E-state index in [9.17, 15) is 4.79 Å². The number of carbonyl (C=O) groups is 1. The van der Waals surface area contributed by atoms with Crippen molar-refractivity contribution < 1.29 is 9.53 Å². The number of ether oxygens (including phenoxy) is 1. The zero-order valence-corrected chi connectivity index (χ0v) is 19.1. The van der Waals surface area contributed by atoms with E-state index in [1.807, 2.05) is 41.3 Å². The first kappa shape index (κ1) is 21.1. The molecule has 0 N–H and O–H groups in total. The van der Waals surface area contributed by atoms with Crippen molar-refractivity contribution in [3.8, 4) is 0 Å². The Morgan fingerprint density at radius 3 is 2.69 bits per heavy atom. The first-order valence-corrected chi connectivity index (χ1v) is 12.0. The summed E-state index contributed by atoms with van der Waals surface area (Å²) in [4.78, 5) is 22.8. The lowest BCUT2D eigenvalue weighted by atomic mass is 10.1. The molecular formula is C26H27N3O2S. The van der Waals surface area contributed by atoms with Gasteiger partial charge in [-0.1, -0.05) is 54.7 Å². The summed E-state index contributed by atoms with van der Waals surface area (Å²) >= 11 is 1.60. The predicted octanol–water partition coefficient (Wildman–Crippen LogP) is 4.99. The van der Waals surface area contributed by atoms with Gasteiger partial charge in [0, 0.05) is 31.7 Å². The number of carbonyl (C=O) groups excluding carboxylic acids is 1. The van der Waals surface area contributed by atoms with Gasteiger partial charge in [-0.2, -0.15) is 0 Å². The molecule has 1 aromatic heterocycles. The molecule has 0 atom stereocenters. The SMILES string of the molecule is CCc1ccc2nc(N(CCN3CCOCC3)C(=O)c3ccc4ccccc4c3)sc2c1. The Balaban J connectivity index is 1.48. The molecule has 1 amide bonds. The normalized spacial score (nSPS) is 14.8. The molecule has 0 aliphatic carbocycles. The number of anilines is 1. The third-order valence-electron chi connectivity index (χ3n) is 6.07. The van der Waals surface area contributed by atoms with Gasteiger partial charge in [0.25, 0.3) is 5.91 Å². The van der Waals surface area contributed by atoms with Gasteiger partial charge >= 0.3 is 0 Å². The lowest BCUT2D eigenvalue weighted by molar-refractivity contribution is 0.0391. The van der Waals surface area contributed by atoms with E-state index in [1.54, 1.807) is 11.3 Å². The molecule has 164 valence electrons. The minimum atomic E-state index is -0.00113. The Hall–Kier alpha value is -2.80. The Kier molecular flexibility index (Phi) is 6.17. The molecule has 4 aromatic rings. The number of thiazole rings is 1. The second-order valence-corrected chi connectivity index (χ2v) is 9.13. The monoisotopic (exact) mass is 445 g/mol. The number of fused-ring (bicyclic) bond motifs is 2. The van der Waals surface area contributed by atoms with E-state index in [4.69, 9.17) is 9.72 Å². The van der Waals surface area contributed by atoms with Gasteiger partial charge in [-0.3, -0.25) is 14.6 Å². The summed E-state index contributed by atoms with van der Waals surface area (Å²) < 4.78 is 6.60. The van der Waals surface area contributed by atoms with Crippen LogP contribution < -0.4 is 4.90 Å². The maximum atomic E-state index is 13.7. The second-order valence-electron chi connectivity index (χ2n) is 8.12. The number of morpholine rings is 1. The van der Waals surface area contributed by atoms with Crippen LogP contribution in [0, 0.1) is 0 Å². The van der Waals surface area contributed by atoms with Crippen molar-refractivity contribution in [1.29, 1.82) is 0 Å². The Morgan fingerprint density at radius 2 is 1.88 bits per heavy atom. The quantitative estimate of drug-likeness (QED) is 0.419. The van der Waals surface area contributed by atoms with Gasteiger partial charge in [-0.05, 0) is 47.0 Å². The Labute approximate surface area is 192 Å². The van der Waals surface area contributed by atoms with Crippen LogP contribution in [0.5, 0.6) is 0 Å². The minimum Gasteiger partial charge on any atom is -0.379 e. The zero-order valence-electron chi connectivity index (χ0n) is 18.3. The molecule has 0 unspecified atom stereocenters. The van der Waals surface area contributed by atoms with E-state index in [1.165, 1.54) is 5.56 Å². The lowest BCUT2D eigenvalue weighted by Gasteiger charge is -2.29. The number of hydrogen-bond donors (Lipinski definition) is 0. The molecule has 0 bridgehead atoms. The number of benzene rings is 3. The smallest absolute Gasteiger partial charge is 0.260 e. The number of rotatable bonds is 6. The van der Waals surface area contributed by atoms with Crippen LogP contribution >= 0.6 is 11.3 Å². The van der Waals surface area contributed by atoms with E-state index in [2.05, 4.69) is 36.1 Å². The lowest BCUT2D eigenvalue weighted by Crippen LogP contribution is -2.43. The van der Waals surface area contributed by atoms with Crippen molar-refractivity contribution in [2.75, 3.05) is 44.3 Å². The van der Waals surface area contributed by atoms with Gasteiger partial charge in [-0.25, -0.2) is 4.98 Å². The maximum Gasteiger partial charge on any atom is 0.260 e. The van der Waals surface area contributed by atoms with Crippen LogP contribution in [0.3, 0.4) is 0 Å². The topological polar surface area (TPSA) is 45.7 Å². The van der Waals surface area contributed by atoms with Crippen LogP contribution in [0.2, 0.25) is 0 Å². The fraction of sp³-hybridized carbons (Fsp3) is 0.308. The van der Waals surface area contributed by atoms with Gasteiger partial charge in [0.15, 0.2) is 5.13 Å². The standard InChI is InChI=1S/C26H27N3O2S/c1-2-19-7-10-23-24(17-19)32-26(27-23)29(12-11-28-13-15-31-16-14-28)25(30)22-9-8-20-5-3-4-6-21(20)18-22/h3-10,17-18H,2,11-16H2,1H3. The second kappa shape index (κ2) is 9.36. The zero-order chi connectivity index (χ0) is 21.9. The molecular weight excluding hydrogens is 418 g/mol. The summed E-state index contributed by atoms with van der Waals surface area (Å²) in [6, 6.07) is 20.5.